The number of rotatable bonds is 7. The van der Waals surface area contributed by atoms with Crippen molar-refractivity contribution in [3.8, 4) is 11.5 Å². The van der Waals surface area contributed by atoms with Crippen molar-refractivity contribution in [2.45, 2.75) is 63.5 Å². The van der Waals surface area contributed by atoms with Gasteiger partial charge in [-0.15, -0.1) is 0 Å². The summed E-state index contributed by atoms with van der Waals surface area (Å²) in [6, 6.07) is 4.15. The molecule has 0 saturated heterocycles. The molecule has 1 aromatic carbocycles. The standard InChI is InChI=1S/C20H29NO4/c1-24-19-11-10-18(16-8-5-9-17(23)20(16)19)25-13-15(22)12-21-14-6-3-2-4-7-14/h10-11,14-15,21-22H,2-9,12-13H2,1H3/t15-/m1/s1. The van der Waals surface area contributed by atoms with Crippen LogP contribution < -0.4 is 14.8 Å². The quantitative estimate of drug-likeness (QED) is 0.794. The van der Waals surface area contributed by atoms with E-state index in [2.05, 4.69) is 5.32 Å². The molecule has 2 aliphatic carbocycles. The Kier molecular flexibility index (Phi) is 6.32. The van der Waals surface area contributed by atoms with E-state index in [0.717, 1.165) is 18.4 Å². The van der Waals surface area contributed by atoms with Gasteiger partial charge in [-0.05, 0) is 37.8 Å². The number of hydrogen-bond donors (Lipinski definition) is 2. The first kappa shape index (κ1) is 18.2. The summed E-state index contributed by atoms with van der Waals surface area (Å²) in [6.45, 7) is 0.772. The zero-order chi connectivity index (χ0) is 17.6. The van der Waals surface area contributed by atoms with Gasteiger partial charge in [0.15, 0.2) is 5.78 Å². The number of aliphatic hydroxyl groups excluding tert-OH is 1. The number of fused-ring (bicyclic) bond motifs is 1. The Bertz CT molecular complexity index is 596. The summed E-state index contributed by atoms with van der Waals surface area (Å²) in [6.07, 6.45) is 7.91. The first-order valence-corrected chi connectivity index (χ1v) is 9.46. The highest BCUT2D eigenvalue weighted by Gasteiger charge is 2.25. The van der Waals surface area contributed by atoms with Crippen LogP contribution in [0.3, 0.4) is 0 Å². The molecule has 0 aromatic heterocycles. The Balaban J connectivity index is 1.57. The highest BCUT2D eigenvalue weighted by atomic mass is 16.5. The predicted molar refractivity (Wildman–Crippen MR) is 96.6 cm³/mol. The van der Waals surface area contributed by atoms with Crippen LogP contribution in [-0.4, -0.2) is 43.3 Å². The van der Waals surface area contributed by atoms with Gasteiger partial charge < -0.3 is 19.9 Å². The maximum Gasteiger partial charge on any atom is 0.167 e. The molecule has 0 aliphatic heterocycles. The molecular weight excluding hydrogens is 318 g/mol. The fraction of sp³-hybridized carbons (Fsp3) is 0.650. The molecule has 0 unspecified atom stereocenters. The lowest BCUT2D eigenvalue weighted by Crippen LogP contribution is -2.39. The van der Waals surface area contributed by atoms with Gasteiger partial charge in [-0.1, -0.05) is 19.3 Å². The molecule has 0 heterocycles. The van der Waals surface area contributed by atoms with Gasteiger partial charge in [0.25, 0.3) is 0 Å². The Hall–Kier alpha value is -1.59. The van der Waals surface area contributed by atoms with Gasteiger partial charge in [-0.3, -0.25) is 4.79 Å². The second-order valence-corrected chi connectivity index (χ2v) is 7.10. The Morgan fingerprint density at radius 1 is 1.16 bits per heavy atom. The monoisotopic (exact) mass is 347 g/mol. The van der Waals surface area contributed by atoms with Gasteiger partial charge in [-0.25, -0.2) is 0 Å². The smallest absolute Gasteiger partial charge is 0.167 e. The number of hydrogen-bond acceptors (Lipinski definition) is 5. The third-order valence-corrected chi connectivity index (χ3v) is 5.24. The normalized spacial score (nSPS) is 19.4. The lowest BCUT2D eigenvalue weighted by molar-refractivity contribution is 0.0957. The Morgan fingerprint density at radius 3 is 2.68 bits per heavy atom. The minimum Gasteiger partial charge on any atom is -0.496 e. The molecule has 2 N–H and O–H groups in total. The SMILES string of the molecule is COc1ccc(OC[C@H](O)CNC2CCCCC2)c2c1C(=O)CCC2. The van der Waals surface area contributed by atoms with Crippen LogP contribution in [0.2, 0.25) is 0 Å². The first-order chi connectivity index (χ1) is 12.2. The maximum absolute atomic E-state index is 12.2. The van der Waals surface area contributed by atoms with Crippen molar-refractivity contribution in [1.82, 2.24) is 5.32 Å². The summed E-state index contributed by atoms with van der Waals surface area (Å²) in [4.78, 5) is 12.2. The summed E-state index contributed by atoms with van der Waals surface area (Å²) in [5, 5.41) is 13.7. The van der Waals surface area contributed by atoms with Crippen molar-refractivity contribution in [2.24, 2.45) is 0 Å². The van der Waals surface area contributed by atoms with E-state index < -0.39 is 6.10 Å². The molecule has 0 radical (unpaired) electrons. The van der Waals surface area contributed by atoms with Crippen LogP contribution >= 0.6 is 0 Å². The molecule has 0 spiro atoms. The molecule has 3 rings (SSSR count). The van der Waals surface area contributed by atoms with Crippen LogP contribution in [0.5, 0.6) is 11.5 Å². The topological polar surface area (TPSA) is 67.8 Å². The van der Waals surface area contributed by atoms with Crippen molar-refractivity contribution in [2.75, 3.05) is 20.3 Å². The number of Topliss-reactive ketones (excluding diaryl/α,β-unsaturated/α-hetero) is 1. The molecule has 138 valence electrons. The third kappa shape index (κ3) is 4.53. The molecule has 1 aromatic rings. The van der Waals surface area contributed by atoms with Crippen LogP contribution in [0.1, 0.15) is 60.9 Å². The van der Waals surface area contributed by atoms with Gasteiger partial charge >= 0.3 is 0 Å². The maximum atomic E-state index is 12.2. The Morgan fingerprint density at radius 2 is 1.92 bits per heavy atom. The minimum atomic E-state index is -0.557. The molecule has 5 nitrogen and oxygen atoms in total. The largest absolute Gasteiger partial charge is 0.496 e. The lowest BCUT2D eigenvalue weighted by Gasteiger charge is -2.25. The summed E-state index contributed by atoms with van der Waals surface area (Å²) >= 11 is 0. The first-order valence-electron chi connectivity index (χ1n) is 9.46. The number of ketones is 1. The average Bonchev–Trinajstić information content (AvgIpc) is 2.65. The summed E-state index contributed by atoms with van der Waals surface area (Å²) in [7, 11) is 1.58. The van der Waals surface area contributed by atoms with E-state index >= 15 is 0 Å². The fourth-order valence-corrected chi connectivity index (χ4v) is 3.87. The predicted octanol–water partition coefficient (Wildman–Crippen LogP) is 2.88. The van der Waals surface area contributed by atoms with Crippen molar-refractivity contribution in [3.63, 3.8) is 0 Å². The molecule has 2 aliphatic rings. The van der Waals surface area contributed by atoms with Crippen molar-refractivity contribution < 1.29 is 19.4 Å². The van der Waals surface area contributed by atoms with E-state index in [1.165, 1.54) is 32.1 Å². The van der Waals surface area contributed by atoms with Gasteiger partial charge in [0.1, 0.15) is 24.2 Å². The van der Waals surface area contributed by atoms with Crippen molar-refractivity contribution >= 4 is 5.78 Å². The minimum absolute atomic E-state index is 0.114. The molecule has 1 fully saturated rings. The fourth-order valence-electron chi connectivity index (χ4n) is 3.87. The van der Waals surface area contributed by atoms with Crippen LogP contribution in [0, 0.1) is 0 Å². The number of aliphatic hydroxyl groups is 1. The molecule has 1 saturated carbocycles. The van der Waals surface area contributed by atoms with E-state index in [0.29, 0.717) is 36.1 Å². The summed E-state index contributed by atoms with van der Waals surface area (Å²) in [5.41, 5.74) is 1.57. The van der Waals surface area contributed by atoms with Gasteiger partial charge in [0.05, 0.1) is 12.7 Å². The van der Waals surface area contributed by atoms with E-state index in [1.54, 1.807) is 13.2 Å². The molecule has 0 bridgehead atoms. The van der Waals surface area contributed by atoms with Gasteiger partial charge in [-0.2, -0.15) is 0 Å². The second-order valence-electron chi connectivity index (χ2n) is 7.10. The number of carbonyl (C=O) groups excluding carboxylic acids is 1. The Labute approximate surface area is 149 Å². The van der Waals surface area contributed by atoms with Gasteiger partial charge in [0, 0.05) is 24.6 Å². The average molecular weight is 347 g/mol. The highest BCUT2D eigenvalue weighted by Crippen LogP contribution is 2.36. The summed E-state index contributed by atoms with van der Waals surface area (Å²) in [5.74, 6) is 1.43. The lowest BCUT2D eigenvalue weighted by atomic mass is 9.89. The number of ether oxygens (including phenoxy) is 2. The van der Waals surface area contributed by atoms with E-state index in [4.69, 9.17) is 9.47 Å². The summed E-state index contributed by atoms with van der Waals surface area (Å²) < 4.78 is 11.2. The van der Waals surface area contributed by atoms with Crippen molar-refractivity contribution in [1.29, 1.82) is 0 Å². The van der Waals surface area contributed by atoms with Crippen LogP contribution in [0.25, 0.3) is 0 Å². The number of carbonyl (C=O) groups is 1. The molecule has 5 heteroatoms. The second kappa shape index (κ2) is 8.68. The number of benzene rings is 1. The third-order valence-electron chi connectivity index (χ3n) is 5.24. The van der Waals surface area contributed by atoms with E-state index in [9.17, 15) is 9.90 Å². The molecular formula is C20H29NO4. The number of methoxy groups -OCH3 is 1. The highest BCUT2D eigenvalue weighted by molar-refractivity contribution is 6.01. The van der Waals surface area contributed by atoms with Crippen molar-refractivity contribution in [3.05, 3.63) is 23.3 Å². The van der Waals surface area contributed by atoms with Gasteiger partial charge in [0.2, 0.25) is 0 Å². The molecule has 0 amide bonds. The zero-order valence-electron chi connectivity index (χ0n) is 15.1. The van der Waals surface area contributed by atoms with Crippen LogP contribution in [0.15, 0.2) is 12.1 Å². The number of nitrogens with one attached hydrogen (secondary N) is 1. The van der Waals surface area contributed by atoms with Crippen LogP contribution in [-0.2, 0) is 6.42 Å². The molecule has 25 heavy (non-hydrogen) atoms. The van der Waals surface area contributed by atoms with Crippen LogP contribution in [0.4, 0.5) is 0 Å². The van der Waals surface area contributed by atoms with E-state index in [-0.39, 0.29) is 12.4 Å². The molecule has 1 atom stereocenters. The zero-order valence-corrected chi connectivity index (χ0v) is 15.1. The van der Waals surface area contributed by atoms with E-state index in [1.807, 2.05) is 6.07 Å².